The van der Waals surface area contributed by atoms with Crippen molar-refractivity contribution in [3.05, 3.63) is 52.2 Å². The number of hydrogen-bond donors (Lipinski definition) is 1. The number of halogens is 1. The predicted molar refractivity (Wildman–Crippen MR) is 112 cm³/mol. The summed E-state index contributed by atoms with van der Waals surface area (Å²) in [4.78, 5) is 49.6. The maximum atomic E-state index is 14.1. The molecule has 1 aromatic heterocycles. The molecule has 1 aromatic carbocycles. The topological polar surface area (TPSA) is 89.6 Å². The second-order valence-electron chi connectivity index (χ2n) is 8.42. The van der Waals surface area contributed by atoms with Crippen LogP contribution in [-0.2, 0) is 9.59 Å². The van der Waals surface area contributed by atoms with Crippen molar-refractivity contribution in [2.24, 2.45) is 5.92 Å². The quantitative estimate of drug-likeness (QED) is 0.802. The van der Waals surface area contributed by atoms with Crippen LogP contribution in [0, 0.1) is 11.7 Å². The van der Waals surface area contributed by atoms with Crippen molar-refractivity contribution in [2.45, 2.75) is 25.2 Å². The number of H-pyrrole nitrogens is 1. The third-order valence-electron chi connectivity index (χ3n) is 6.27. The van der Waals surface area contributed by atoms with E-state index < -0.39 is 11.4 Å². The monoisotopic (exact) mass is 425 g/mol. The van der Waals surface area contributed by atoms with Crippen LogP contribution in [0.4, 0.5) is 16.0 Å². The zero-order valence-corrected chi connectivity index (χ0v) is 17.1. The summed E-state index contributed by atoms with van der Waals surface area (Å²) < 4.78 is 14.1. The Bertz CT molecular complexity index is 1060. The van der Waals surface area contributed by atoms with Gasteiger partial charge in [-0.05, 0) is 25.0 Å². The molecule has 2 aliphatic heterocycles. The lowest BCUT2D eigenvalue weighted by Crippen LogP contribution is -2.51. The number of benzene rings is 1. The van der Waals surface area contributed by atoms with Gasteiger partial charge in [-0.3, -0.25) is 19.4 Å². The van der Waals surface area contributed by atoms with E-state index in [1.807, 2.05) is 35.2 Å². The van der Waals surface area contributed by atoms with Gasteiger partial charge >= 0.3 is 0 Å². The Kier molecular flexibility index (Phi) is 4.95. The van der Waals surface area contributed by atoms with E-state index >= 15 is 0 Å². The molecular formula is C22H24FN5O3. The minimum absolute atomic E-state index is 0.0225. The Labute approximate surface area is 178 Å². The predicted octanol–water partition coefficient (Wildman–Crippen LogP) is 1.49. The molecule has 3 heterocycles. The summed E-state index contributed by atoms with van der Waals surface area (Å²) in [5.41, 5.74) is 0.323. The molecule has 1 atom stereocenters. The van der Waals surface area contributed by atoms with E-state index in [2.05, 4.69) is 9.97 Å². The van der Waals surface area contributed by atoms with Gasteiger partial charge < -0.3 is 14.7 Å². The van der Waals surface area contributed by atoms with Gasteiger partial charge in [0, 0.05) is 50.7 Å². The summed E-state index contributed by atoms with van der Waals surface area (Å²) in [5, 5.41) is 0. The Morgan fingerprint density at radius 1 is 1.06 bits per heavy atom. The second kappa shape index (κ2) is 7.79. The number of anilines is 2. The number of aromatic amines is 1. The lowest BCUT2D eigenvalue weighted by Gasteiger charge is -2.36. The van der Waals surface area contributed by atoms with E-state index in [4.69, 9.17) is 0 Å². The number of rotatable bonds is 4. The van der Waals surface area contributed by atoms with Gasteiger partial charge in [-0.2, -0.15) is 4.39 Å². The highest BCUT2D eigenvalue weighted by atomic mass is 19.1. The molecule has 8 nitrogen and oxygen atoms in total. The normalized spacial score (nSPS) is 21.6. The first kappa shape index (κ1) is 19.7. The van der Waals surface area contributed by atoms with Crippen molar-refractivity contribution in [3.63, 3.8) is 0 Å². The molecule has 3 aliphatic rings. The molecule has 162 valence electrons. The zero-order chi connectivity index (χ0) is 21.5. The van der Waals surface area contributed by atoms with Crippen molar-refractivity contribution in [3.8, 4) is 0 Å². The van der Waals surface area contributed by atoms with Crippen molar-refractivity contribution in [1.82, 2.24) is 14.9 Å². The average Bonchev–Trinajstić information content (AvgIpc) is 3.57. The molecule has 2 amide bonds. The molecule has 3 fully saturated rings. The van der Waals surface area contributed by atoms with Gasteiger partial charge in [-0.1, -0.05) is 18.2 Å². The first-order chi connectivity index (χ1) is 15.0. The van der Waals surface area contributed by atoms with Crippen molar-refractivity contribution in [2.75, 3.05) is 42.5 Å². The highest BCUT2D eigenvalue weighted by molar-refractivity contribution is 6.00. The van der Waals surface area contributed by atoms with Gasteiger partial charge in [0.2, 0.25) is 23.6 Å². The summed E-state index contributed by atoms with van der Waals surface area (Å²) in [5.74, 6) is -0.795. The van der Waals surface area contributed by atoms with E-state index in [9.17, 15) is 18.8 Å². The summed E-state index contributed by atoms with van der Waals surface area (Å²) in [6, 6.07) is 9.38. The molecule has 0 bridgehead atoms. The van der Waals surface area contributed by atoms with Gasteiger partial charge in [0.05, 0.1) is 11.6 Å². The standard InChI is InChI=1S/C22H24FN5O3/c23-18-19(14-6-7-14)24-22(25-20(18)30)27-10-8-26(9-11-27)21(31)15-12-17(29)28(13-15)16-4-2-1-3-5-16/h1-5,14-15H,6-13H2,(H,24,25,30). The van der Waals surface area contributed by atoms with Gasteiger partial charge in [0.1, 0.15) is 0 Å². The molecule has 0 spiro atoms. The largest absolute Gasteiger partial charge is 0.339 e. The average molecular weight is 425 g/mol. The SMILES string of the molecule is O=C(C1CC(=O)N(c2ccccc2)C1)N1CCN(c2nc(C3CC3)c(F)c(=O)[nH]2)CC1. The smallest absolute Gasteiger partial charge is 0.288 e. The fourth-order valence-corrected chi connectivity index (χ4v) is 4.37. The number of nitrogens with zero attached hydrogens (tertiary/aromatic N) is 4. The van der Waals surface area contributed by atoms with E-state index in [1.54, 1.807) is 9.80 Å². The molecule has 1 N–H and O–H groups in total. The summed E-state index contributed by atoms with van der Waals surface area (Å²) >= 11 is 0. The number of aromatic nitrogens is 2. The van der Waals surface area contributed by atoms with Crippen LogP contribution in [0.3, 0.4) is 0 Å². The summed E-state index contributed by atoms with van der Waals surface area (Å²) in [7, 11) is 0. The van der Waals surface area contributed by atoms with Crippen molar-refractivity contribution in [1.29, 1.82) is 0 Å². The molecule has 1 saturated carbocycles. The highest BCUT2D eigenvalue weighted by Crippen LogP contribution is 2.39. The molecule has 1 unspecified atom stereocenters. The van der Waals surface area contributed by atoms with E-state index in [1.165, 1.54) is 0 Å². The fraction of sp³-hybridized carbons (Fsp3) is 0.455. The van der Waals surface area contributed by atoms with E-state index in [0.717, 1.165) is 18.5 Å². The molecular weight excluding hydrogens is 401 g/mol. The van der Waals surface area contributed by atoms with Crippen LogP contribution in [-0.4, -0.2) is 59.4 Å². The Morgan fingerprint density at radius 2 is 1.77 bits per heavy atom. The fourth-order valence-electron chi connectivity index (χ4n) is 4.37. The maximum absolute atomic E-state index is 14.1. The molecule has 0 radical (unpaired) electrons. The number of piperazine rings is 1. The Balaban J connectivity index is 1.23. The molecule has 1 aliphatic carbocycles. The summed E-state index contributed by atoms with van der Waals surface area (Å²) in [6.07, 6.45) is 1.93. The van der Waals surface area contributed by atoms with Gasteiger partial charge in [-0.25, -0.2) is 4.98 Å². The maximum Gasteiger partial charge on any atom is 0.288 e. The van der Waals surface area contributed by atoms with Crippen molar-refractivity contribution < 1.29 is 14.0 Å². The second-order valence-corrected chi connectivity index (χ2v) is 8.42. The van der Waals surface area contributed by atoms with Crippen LogP contribution in [0.2, 0.25) is 0 Å². The van der Waals surface area contributed by atoms with Gasteiger partial charge in [-0.15, -0.1) is 0 Å². The Morgan fingerprint density at radius 3 is 2.45 bits per heavy atom. The van der Waals surface area contributed by atoms with Crippen molar-refractivity contribution >= 4 is 23.5 Å². The highest BCUT2D eigenvalue weighted by Gasteiger charge is 2.38. The van der Waals surface area contributed by atoms with Gasteiger partial charge in [0.25, 0.3) is 5.56 Å². The van der Waals surface area contributed by atoms with Crippen LogP contribution in [0.1, 0.15) is 30.9 Å². The van der Waals surface area contributed by atoms with Crippen LogP contribution in [0.25, 0.3) is 0 Å². The molecule has 2 aromatic rings. The third-order valence-corrected chi connectivity index (χ3v) is 6.27. The number of hydrogen-bond acceptors (Lipinski definition) is 5. The van der Waals surface area contributed by atoms with Crippen LogP contribution in [0.15, 0.2) is 35.1 Å². The zero-order valence-electron chi connectivity index (χ0n) is 17.1. The third kappa shape index (κ3) is 3.80. The lowest BCUT2D eigenvalue weighted by atomic mass is 10.1. The van der Waals surface area contributed by atoms with E-state index in [0.29, 0.717) is 38.7 Å². The first-order valence-electron chi connectivity index (χ1n) is 10.7. The van der Waals surface area contributed by atoms with Crippen LogP contribution >= 0.6 is 0 Å². The van der Waals surface area contributed by atoms with Crippen LogP contribution < -0.4 is 15.4 Å². The number of para-hydroxylation sites is 1. The lowest BCUT2D eigenvalue weighted by molar-refractivity contribution is -0.136. The van der Waals surface area contributed by atoms with Crippen LogP contribution in [0.5, 0.6) is 0 Å². The Hall–Kier alpha value is -3.23. The van der Waals surface area contributed by atoms with E-state index in [-0.39, 0.29) is 35.8 Å². The number of nitrogens with one attached hydrogen (secondary N) is 1. The molecule has 9 heteroatoms. The molecule has 5 rings (SSSR count). The van der Waals surface area contributed by atoms with Gasteiger partial charge in [0.15, 0.2) is 0 Å². The number of carbonyl (C=O) groups is 2. The number of amides is 2. The minimum atomic E-state index is -0.783. The number of carbonyl (C=O) groups excluding carboxylic acids is 2. The molecule has 31 heavy (non-hydrogen) atoms. The minimum Gasteiger partial charge on any atom is -0.339 e. The molecule has 2 saturated heterocycles. The summed E-state index contributed by atoms with van der Waals surface area (Å²) in [6.45, 7) is 2.31. The first-order valence-corrected chi connectivity index (χ1v) is 10.7.